The number of hydrogen-bond donors (Lipinski definition) is 3. The molecule has 1 aromatic rings. The lowest BCUT2D eigenvalue weighted by atomic mass is 10.1. The van der Waals surface area contributed by atoms with Crippen LogP contribution in [-0.2, 0) is 20.8 Å². The first-order valence-electron chi connectivity index (χ1n) is 5.58. The number of carbonyl (C=O) groups is 3. The highest BCUT2D eigenvalue weighted by Gasteiger charge is 2.12. The summed E-state index contributed by atoms with van der Waals surface area (Å²) in [5.74, 6) is -4.76. The maximum Gasteiger partial charge on any atom is 0.322 e. The van der Waals surface area contributed by atoms with E-state index < -0.39 is 48.9 Å². The summed E-state index contributed by atoms with van der Waals surface area (Å²) in [5.41, 5.74) is -0.131. The van der Waals surface area contributed by atoms with Crippen LogP contribution in [0.5, 0.6) is 0 Å². The van der Waals surface area contributed by atoms with Crippen molar-refractivity contribution in [2.24, 2.45) is 0 Å². The van der Waals surface area contributed by atoms with Crippen molar-refractivity contribution >= 4 is 17.8 Å². The lowest BCUT2D eigenvalue weighted by Gasteiger charge is -2.06. The third-order valence-corrected chi connectivity index (χ3v) is 2.27. The summed E-state index contributed by atoms with van der Waals surface area (Å²) in [5, 5.41) is 12.5. The zero-order valence-corrected chi connectivity index (χ0v) is 10.3. The molecule has 0 radical (unpaired) electrons. The highest BCUT2D eigenvalue weighted by atomic mass is 19.2. The number of carboxylic acid groups (broad SMARTS) is 1. The van der Waals surface area contributed by atoms with Gasteiger partial charge in [0.1, 0.15) is 6.54 Å². The van der Waals surface area contributed by atoms with Gasteiger partial charge >= 0.3 is 5.97 Å². The molecule has 0 unspecified atom stereocenters. The van der Waals surface area contributed by atoms with Crippen LogP contribution in [0.15, 0.2) is 18.2 Å². The maximum atomic E-state index is 13.3. The molecule has 0 aromatic heterocycles. The van der Waals surface area contributed by atoms with E-state index in [1.54, 1.807) is 0 Å². The Balaban J connectivity index is 2.42. The average molecular weight is 286 g/mol. The first-order valence-corrected chi connectivity index (χ1v) is 5.58. The Morgan fingerprint density at radius 2 is 1.70 bits per heavy atom. The summed E-state index contributed by atoms with van der Waals surface area (Å²) in [6.45, 7) is -1.00. The van der Waals surface area contributed by atoms with Gasteiger partial charge in [-0.15, -0.1) is 0 Å². The third kappa shape index (κ3) is 5.01. The largest absolute Gasteiger partial charge is 0.480 e. The number of aliphatic carboxylic acids is 1. The molecule has 3 N–H and O–H groups in total. The Hall–Kier alpha value is -2.51. The summed E-state index contributed by atoms with van der Waals surface area (Å²) in [6, 6.07) is 3.44. The molecule has 0 atom stereocenters. The third-order valence-electron chi connectivity index (χ3n) is 2.27. The van der Waals surface area contributed by atoms with E-state index in [2.05, 4.69) is 5.32 Å². The van der Waals surface area contributed by atoms with Crippen LogP contribution >= 0.6 is 0 Å². The van der Waals surface area contributed by atoms with Gasteiger partial charge in [-0.2, -0.15) is 0 Å². The number of nitrogens with one attached hydrogen (secondary N) is 2. The molecule has 2 amide bonds. The van der Waals surface area contributed by atoms with E-state index in [1.165, 1.54) is 12.1 Å². The van der Waals surface area contributed by atoms with Crippen molar-refractivity contribution in [3.63, 3.8) is 0 Å². The van der Waals surface area contributed by atoms with Crippen molar-refractivity contribution in [3.8, 4) is 0 Å². The smallest absolute Gasteiger partial charge is 0.322 e. The van der Waals surface area contributed by atoms with Crippen molar-refractivity contribution in [1.82, 2.24) is 10.6 Å². The molecule has 20 heavy (non-hydrogen) atoms. The number of benzene rings is 1. The minimum atomic E-state index is -1.22. The predicted octanol–water partition coefficient (Wildman–Crippen LogP) is -0.176. The summed E-state index contributed by atoms with van der Waals surface area (Å²) < 4.78 is 26.2. The molecule has 108 valence electrons. The van der Waals surface area contributed by atoms with Crippen LogP contribution in [0.25, 0.3) is 0 Å². The van der Waals surface area contributed by atoms with Gasteiger partial charge in [0.15, 0.2) is 11.6 Å². The molecule has 0 heterocycles. The van der Waals surface area contributed by atoms with Crippen molar-refractivity contribution in [3.05, 3.63) is 35.4 Å². The molecule has 0 saturated carbocycles. The fourth-order valence-corrected chi connectivity index (χ4v) is 1.34. The summed E-state index contributed by atoms with van der Waals surface area (Å²) in [4.78, 5) is 32.7. The molecular weight excluding hydrogens is 274 g/mol. The Bertz CT molecular complexity index is 534. The fourth-order valence-electron chi connectivity index (χ4n) is 1.34. The summed E-state index contributed by atoms with van der Waals surface area (Å²) in [7, 11) is 0. The van der Waals surface area contributed by atoms with Gasteiger partial charge in [0.25, 0.3) is 0 Å². The van der Waals surface area contributed by atoms with Gasteiger partial charge in [-0.1, -0.05) is 12.1 Å². The van der Waals surface area contributed by atoms with Gasteiger partial charge in [-0.25, -0.2) is 8.78 Å². The van der Waals surface area contributed by atoms with E-state index in [-0.39, 0.29) is 5.56 Å². The van der Waals surface area contributed by atoms with E-state index in [4.69, 9.17) is 5.11 Å². The number of carbonyl (C=O) groups excluding carboxylic acids is 2. The van der Waals surface area contributed by atoms with Crippen molar-refractivity contribution in [2.75, 3.05) is 13.1 Å². The maximum absolute atomic E-state index is 13.3. The molecule has 0 aliphatic rings. The lowest BCUT2D eigenvalue weighted by molar-refractivity contribution is -0.137. The quantitative estimate of drug-likeness (QED) is 0.676. The first kappa shape index (κ1) is 15.5. The van der Waals surface area contributed by atoms with Gasteiger partial charge in [0.05, 0.1) is 13.0 Å². The Kier molecular flexibility index (Phi) is 5.57. The molecule has 0 bridgehead atoms. The van der Waals surface area contributed by atoms with E-state index in [1.807, 2.05) is 5.32 Å². The Morgan fingerprint density at radius 1 is 1.05 bits per heavy atom. The SMILES string of the molecule is O=C(O)CNC(=O)CNC(=O)Cc1cccc(F)c1F. The Morgan fingerprint density at radius 3 is 2.35 bits per heavy atom. The van der Waals surface area contributed by atoms with Crippen LogP contribution in [0.4, 0.5) is 8.78 Å². The molecule has 0 aliphatic carbocycles. The number of rotatable bonds is 6. The molecule has 8 heteroatoms. The van der Waals surface area contributed by atoms with Crippen molar-refractivity contribution < 1.29 is 28.3 Å². The molecule has 1 aromatic carbocycles. The predicted molar refractivity (Wildman–Crippen MR) is 63.7 cm³/mol. The first-order chi connectivity index (χ1) is 9.40. The molecule has 0 spiro atoms. The molecule has 0 fully saturated rings. The normalized spacial score (nSPS) is 9.90. The van der Waals surface area contributed by atoms with Gasteiger partial charge in [0.2, 0.25) is 11.8 Å². The van der Waals surface area contributed by atoms with Gasteiger partial charge in [0, 0.05) is 5.56 Å². The lowest BCUT2D eigenvalue weighted by Crippen LogP contribution is -2.39. The number of amides is 2. The van der Waals surface area contributed by atoms with E-state index in [0.717, 1.165) is 6.07 Å². The van der Waals surface area contributed by atoms with Gasteiger partial charge in [-0.05, 0) is 6.07 Å². The van der Waals surface area contributed by atoms with Crippen molar-refractivity contribution in [2.45, 2.75) is 6.42 Å². The van der Waals surface area contributed by atoms with Crippen LogP contribution in [0.3, 0.4) is 0 Å². The Labute approximate surface area is 112 Å². The van der Waals surface area contributed by atoms with Crippen LogP contribution in [0.2, 0.25) is 0 Å². The second-order valence-corrected chi connectivity index (χ2v) is 3.84. The standard InChI is InChI=1S/C12H12F2N2O4/c13-8-3-1-2-7(12(8)14)4-9(17)15-5-10(18)16-6-11(19)20/h1-3H,4-6H2,(H,15,17)(H,16,18)(H,19,20). The average Bonchev–Trinajstić information content (AvgIpc) is 2.39. The second-order valence-electron chi connectivity index (χ2n) is 3.84. The molecule has 6 nitrogen and oxygen atoms in total. The summed E-state index contributed by atoms with van der Waals surface area (Å²) >= 11 is 0. The van der Waals surface area contributed by atoms with Crippen LogP contribution in [0.1, 0.15) is 5.56 Å². The van der Waals surface area contributed by atoms with Gasteiger partial charge < -0.3 is 15.7 Å². The van der Waals surface area contributed by atoms with Crippen LogP contribution in [-0.4, -0.2) is 36.0 Å². The van der Waals surface area contributed by atoms with Crippen LogP contribution < -0.4 is 10.6 Å². The van der Waals surface area contributed by atoms with E-state index >= 15 is 0 Å². The topological polar surface area (TPSA) is 95.5 Å². The second kappa shape index (κ2) is 7.17. The summed E-state index contributed by atoms with van der Waals surface area (Å²) in [6.07, 6.45) is -0.421. The minimum absolute atomic E-state index is 0.131. The van der Waals surface area contributed by atoms with Gasteiger partial charge in [-0.3, -0.25) is 14.4 Å². The highest BCUT2D eigenvalue weighted by molar-refractivity contribution is 5.87. The number of halogens is 2. The number of hydrogen-bond acceptors (Lipinski definition) is 3. The molecule has 0 aliphatic heterocycles. The van der Waals surface area contributed by atoms with E-state index in [9.17, 15) is 23.2 Å². The van der Waals surface area contributed by atoms with Crippen LogP contribution in [0, 0.1) is 11.6 Å². The minimum Gasteiger partial charge on any atom is -0.480 e. The number of carboxylic acids is 1. The molecule has 1 rings (SSSR count). The monoisotopic (exact) mass is 286 g/mol. The zero-order chi connectivity index (χ0) is 15.1. The van der Waals surface area contributed by atoms with E-state index in [0.29, 0.717) is 0 Å². The zero-order valence-electron chi connectivity index (χ0n) is 10.3. The van der Waals surface area contributed by atoms with Crippen molar-refractivity contribution in [1.29, 1.82) is 0 Å². The highest BCUT2D eigenvalue weighted by Crippen LogP contribution is 2.11. The molecular formula is C12H12F2N2O4. The fraction of sp³-hybridized carbons (Fsp3) is 0.250. The molecule has 0 saturated heterocycles.